The van der Waals surface area contributed by atoms with Crippen molar-refractivity contribution in [2.75, 3.05) is 5.01 Å². The van der Waals surface area contributed by atoms with E-state index in [1.54, 1.807) is 29.3 Å². The van der Waals surface area contributed by atoms with Crippen LogP contribution in [0.15, 0.2) is 89.7 Å². The van der Waals surface area contributed by atoms with Gasteiger partial charge in [-0.2, -0.15) is 5.10 Å². The second kappa shape index (κ2) is 7.75. The van der Waals surface area contributed by atoms with Gasteiger partial charge in [-0.05, 0) is 23.8 Å². The fourth-order valence-corrected chi connectivity index (χ4v) is 3.03. The third-order valence-electron chi connectivity index (χ3n) is 4.40. The van der Waals surface area contributed by atoms with E-state index in [1.165, 1.54) is 0 Å². The normalized spacial score (nSPS) is 10.6. The van der Waals surface area contributed by atoms with Crippen molar-refractivity contribution < 1.29 is 4.79 Å². The average Bonchev–Trinajstić information content (AvgIpc) is 2.75. The second-order valence-electron chi connectivity index (χ2n) is 6.30. The average molecular weight is 370 g/mol. The Labute approximate surface area is 161 Å². The molecule has 0 radical (unpaired) electrons. The maximum Gasteiger partial charge on any atom is 0.290 e. The van der Waals surface area contributed by atoms with Gasteiger partial charge in [0.25, 0.3) is 11.5 Å². The molecule has 3 aromatic carbocycles. The highest BCUT2D eigenvalue weighted by atomic mass is 16.2. The first-order chi connectivity index (χ1) is 13.7. The van der Waals surface area contributed by atoms with Gasteiger partial charge in [0.15, 0.2) is 5.69 Å². The van der Waals surface area contributed by atoms with Crippen LogP contribution >= 0.6 is 0 Å². The van der Waals surface area contributed by atoms with Crippen molar-refractivity contribution in [2.45, 2.75) is 6.54 Å². The number of hydrazine groups is 1. The van der Waals surface area contributed by atoms with Crippen LogP contribution in [0.2, 0.25) is 0 Å². The first-order valence-corrected chi connectivity index (χ1v) is 8.87. The quantitative estimate of drug-likeness (QED) is 0.529. The van der Waals surface area contributed by atoms with E-state index in [1.807, 2.05) is 60.7 Å². The number of carbonyl (C=O) groups is 1. The summed E-state index contributed by atoms with van der Waals surface area (Å²) in [5.74, 6) is -0.396. The molecule has 6 nitrogen and oxygen atoms in total. The lowest BCUT2D eigenvalue weighted by Crippen LogP contribution is -2.42. The van der Waals surface area contributed by atoms with Crippen molar-refractivity contribution >= 4 is 22.4 Å². The molecule has 1 amide bonds. The lowest BCUT2D eigenvalue weighted by atomic mass is 10.1. The van der Waals surface area contributed by atoms with E-state index in [0.29, 0.717) is 17.3 Å². The number of H-pyrrole nitrogens is 1. The Bertz CT molecular complexity index is 1160. The van der Waals surface area contributed by atoms with E-state index in [4.69, 9.17) is 0 Å². The minimum Gasteiger partial charge on any atom is -0.281 e. The molecule has 0 atom stereocenters. The van der Waals surface area contributed by atoms with Gasteiger partial charge in [0.1, 0.15) is 0 Å². The smallest absolute Gasteiger partial charge is 0.281 e. The number of aromatic amines is 1. The molecule has 0 saturated heterocycles. The summed E-state index contributed by atoms with van der Waals surface area (Å²) in [5.41, 5.74) is 4.66. The fourth-order valence-electron chi connectivity index (χ4n) is 3.03. The summed E-state index contributed by atoms with van der Waals surface area (Å²) in [7, 11) is 0. The number of aromatic nitrogens is 2. The molecule has 2 N–H and O–H groups in total. The van der Waals surface area contributed by atoms with Gasteiger partial charge in [-0.1, -0.05) is 66.7 Å². The molecule has 0 aliphatic heterocycles. The molecule has 0 saturated carbocycles. The van der Waals surface area contributed by atoms with Gasteiger partial charge in [0.05, 0.1) is 17.6 Å². The van der Waals surface area contributed by atoms with Crippen LogP contribution in [0.5, 0.6) is 0 Å². The summed E-state index contributed by atoms with van der Waals surface area (Å²) in [5, 5.41) is 9.09. The number of hydrogen-bond acceptors (Lipinski definition) is 4. The minimum absolute atomic E-state index is 0.171. The molecule has 28 heavy (non-hydrogen) atoms. The van der Waals surface area contributed by atoms with Crippen LogP contribution in [0.3, 0.4) is 0 Å². The Morgan fingerprint density at radius 3 is 2.18 bits per heavy atom. The van der Waals surface area contributed by atoms with Gasteiger partial charge in [0.2, 0.25) is 0 Å². The van der Waals surface area contributed by atoms with Crippen molar-refractivity contribution in [1.29, 1.82) is 0 Å². The van der Waals surface area contributed by atoms with E-state index in [9.17, 15) is 9.59 Å². The highest BCUT2D eigenvalue weighted by Crippen LogP contribution is 2.17. The van der Waals surface area contributed by atoms with Crippen molar-refractivity contribution in [3.05, 3.63) is 107 Å². The summed E-state index contributed by atoms with van der Waals surface area (Å²) >= 11 is 0. The van der Waals surface area contributed by atoms with E-state index < -0.39 is 5.91 Å². The number of anilines is 1. The SMILES string of the molecule is O=C(NN(Cc1ccccc1)c1ccccc1)c1n[nH]c(=O)c2ccccc12. The van der Waals surface area contributed by atoms with Crippen molar-refractivity contribution in [2.24, 2.45) is 0 Å². The molecule has 0 unspecified atom stereocenters. The van der Waals surface area contributed by atoms with Gasteiger partial charge in [-0.3, -0.25) is 20.0 Å². The first kappa shape index (κ1) is 17.5. The zero-order valence-electron chi connectivity index (χ0n) is 15.0. The second-order valence-corrected chi connectivity index (χ2v) is 6.30. The molecule has 0 fully saturated rings. The molecule has 6 heteroatoms. The largest absolute Gasteiger partial charge is 0.290 e. The Hall–Kier alpha value is -3.93. The van der Waals surface area contributed by atoms with Crippen molar-refractivity contribution in [3.63, 3.8) is 0 Å². The molecule has 4 aromatic rings. The molecule has 138 valence electrons. The summed E-state index contributed by atoms with van der Waals surface area (Å²) in [6.45, 7) is 0.484. The highest BCUT2D eigenvalue weighted by Gasteiger charge is 2.17. The number of benzene rings is 3. The third-order valence-corrected chi connectivity index (χ3v) is 4.40. The molecular weight excluding hydrogens is 352 g/mol. The van der Waals surface area contributed by atoms with Crippen LogP contribution in [-0.4, -0.2) is 16.1 Å². The Morgan fingerprint density at radius 2 is 1.46 bits per heavy atom. The van der Waals surface area contributed by atoms with Crippen LogP contribution in [0.4, 0.5) is 5.69 Å². The van der Waals surface area contributed by atoms with E-state index in [2.05, 4.69) is 15.6 Å². The lowest BCUT2D eigenvalue weighted by Gasteiger charge is -2.25. The lowest BCUT2D eigenvalue weighted by molar-refractivity contribution is 0.0944. The number of nitrogens with zero attached hydrogens (tertiary/aromatic N) is 2. The minimum atomic E-state index is -0.396. The summed E-state index contributed by atoms with van der Waals surface area (Å²) < 4.78 is 0. The molecule has 1 aromatic heterocycles. The molecule has 0 spiro atoms. The zero-order valence-corrected chi connectivity index (χ0v) is 15.0. The number of para-hydroxylation sites is 1. The van der Waals surface area contributed by atoms with Gasteiger partial charge in [-0.15, -0.1) is 0 Å². The van der Waals surface area contributed by atoms with Crippen LogP contribution in [0.1, 0.15) is 16.1 Å². The highest BCUT2D eigenvalue weighted by molar-refractivity contribution is 6.05. The Morgan fingerprint density at radius 1 is 0.857 bits per heavy atom. The number of carbonyl (C=O) groups excluding carboxylic acids is 1. The Balaban J connectivity index is 1.68. The number of amides is 1. The van der Waals surface area contributed by atoms with E-state index in [0.717, 1.165) is 11.3 Å². The summed E-state index contributed by atoms with van der Waals surface area (Å²) in [6, 6.07) is 26.4. The Kier molecular flexibility index (Phi) is 4.84. The van der Waals surface area contributed by atoms with E-state index in [-0.39, 0.29) is 11.3 Å². The van der Waals surface area contributed by atoms with Gasteiger partial charge in [-0.25, -0.2) is 5.10 Å². The molecule has 4 rings (SSSR count). The molecule has 1 heterocycles. The maximum absolute atomic E-state index is 13.0. The fraction of sp³-hybridized carbons (Fsp3) is 0.0455. The standard InChI is InChI=1S/C22H18N4O2/c27-21-19-14-8-7-13-18(19)20(23-24-21)22(28)25-26(17-11-5-2-6-12-17)15-16-9-3-1-4-10-16/h1-14H,15H2,(H,24,27)(H,25,28). The van der Waals surface area contributed by atoms with Crippen molar-refractivity contribution in [1.82, 2.24) is 15.6 Å². The zero-order chi connectivity index (χ0) is 19.3. The summed E-state index contributed by atoms with van der Waals surface area (Å²) in [6.07, 6.45) is 0. The monoisotopic (exact) mass is 370 g/mol. The van der Waals surface area contributed by atoms with Crippen LogP contribution < -0.4 is 16.0 Å². The summed E-state index contributed by atoms with van der Waals surface area (Å²) in [4.78, 5) is 25.0. The number of fused-ring (bicyclic) bond motifs is 1. The van der Waals surface area contributed by atoms with Crippen LogP contribution in [0, 0.1) is 0 Å². The molecule has 0 aliphatic carbocycles. The number of hydrogen-bond donors (Lipinski definition) is 2. The van der Waals surface area contributed by atoms with Crippen LogP contribution in [-0.2, 0) is 6.54 Å². The first-order valence-electron chi connectivity index (χ1n) is 8.87. The predicted octanol–water partition coefficient (Wildman–Crippen LogP) is 3.27. The van der Waals surface area contributed by atoms with Crippen molar-refractivity contribution in [3.8, 4) is 0 Å². The van der Waals surface area contributed by atoms with Gasteiger partial charge >= 0.3 is 0 Å². The number of nitrogens with one attached hydrogen (secondary N) is 2. The van der Waals surface area contributed by atoms with Crippen LogP contribution in [0.25, 0.3) is 10.8 Å². The number of rotatable bonds is 5. The maximum atomic E-state index is 13.0. The topological polar surface area (TPSA) is 78.1 Å². The van der Waals surface area contributed by atoms with E-state index >= 15 is 0 Å². The molecule has 0 aliphatic rings. The third kappa shape index (κ3) is 3.61. The van der Waals surface area contributed by atoms with Gasteiger partial charge in [0, 0.05) is 5.39 Å². The molecule has 0 bridgehead atoms. The van der Waals surface area contributed by atoms with Gasteiger partial charge < -0.3 is 0 Å². The molecular formula is C22H18N4O2. The predicted molar refractivity (Wildman–Crippen MR) is 109 cm³/mol.